The first-order chi connectivity index (χ1) is 8.74. The molecule has 1 aromatic heterocycles. The Labute approximate surface area is 114 Å². The van der Waals surface area contributed by atoms with Gasteiger partial charge in [-0.1, -0.05) is 0 Å². The van der Waals surface area contributed by atoms with Crippen LogP contribution in [0.4, 0.5) is 5.69 Å². The van der Waals surface area contributed by atoms with E-state index in [1.165, 1.54) is 6.07 Å². The zero-order valence-electron chi connectivity index (χ0n) is 9.51. The quantitative estimate of drug-likeness (QED) is 0.275. The van der Waals surface area contributed by atoms with Crippen molar-refractivity contribution in [3.63, 3.8) is 0 Å². The van der Waals surface area contributed by atoms with Crippen LogP contribution >= 0.6 is 23.4 Å². The SMILES string of the molecule is O=[N+]([O-])c1ccc(SCCCCl)c2ccncc12. The van der Waals surface area contributed by atoms with Crippen molar-refractivity contribution >= 4 is 39.8 Å². The number of nitro groups is 1. The molecule has 0 aliphatic heterocycles. The van der Waals surface area contributed by atoms with Gasteiger partial charge in [-0.3, -0.25) is 15.1 Å². The van der Waals surface area contributed by atoms with Crippen LogP contribution in [0, 0.1) is 10.1 Å². The molecule has 18 heavy (non-hydrogen) atoms. The molecule has 0 saturated heterocycles. The van der Waals surface area contributed by atoms with Crippen LogP contribution in [0.3, 0.4) is 0 Å². The lowest BCUT2D eigenvalue weighted by molar-refractivity contribution is -0.383. The Morgan fingerprint density at radius 3 is 2.89 bits per heavy atom. The summed E-state index contributed by atoms with van der Waals surface area (Å²) in [7, 11) is 0. The first kappa shape index (κ1) is 13.1. The molecule has 0 bridgehead atoms. The van der Waals surface area contributed by atoms with Crippen molar-refractivity contribution in [3.8, 4) is 0 Å². The normalized spacial score (nSPS) is 10.7. The fourth-order valence-electron chi connectivity index (χ4n) is 1.67. The number of hydrogen-bond donors (Lipinski definition) is 0. The van der Waals surface area contributed by atoms with Gasteiger partial charge >= 0.3 is 0 Å². The van der Waals surface area contributed by atoms with Crippen molar-refractivity contribution in [2.45, 2.75) is 11.3 Å². The number of non-ortho nitro benzene ring substituents is 1. The second-order valence-electron chi connectivity index (χ2n) is 3.65. The van der Waals surface area contributed by atoms with Gasteiger partial charge in [0.1, 0.15) is 0 Å². The molecule has 0 radical (unpaired) electrons. The summed E-state index contributed by atoms with van der Waals surface area (Å²) in [6, 6.07) is 5.14. The fraction of sp³-hybridized carbons (Fsp3) is 0.250. The third kappa shape index (κ3) is 2.73. The summed E-state index contributed by atoms with van der Waals surface area (Å²) < 4.78 is 0. The Hall–Kier alpha value is -1.33. The summed E-state index contributed by atoms with van der Waals surface area (Å²) in [4.78, 5) is 15.6. The predicted octanol–water partition coefficient (Wildman–Crippen LogP) is 3.86. The second-order valence-corrected chi connectivity index (χ2v) is 5.17. The average molecular weight is 283 g/mol. The molecule has 6 heteroatoms. The van der Waals surface area contributed by atoms with Crippen LogP contribution in [0.25, 0.3) is 10.8 Å². The molecule has 0 unspecified atom stereocenters. The molecule has 2 aromatic rings. The number of aromatic nitrogens is 1. The Bertz CT molecular complexity index is 577. The lowest BCUT2D eigenvalue weighted by atomic mass is 10.1. The van der Waals surface area contributed by atoms with Crippen molar-refractivity contribution in [1.29, 1.82) is 0 Å². The number of fused-ring (bicyclic) bond motifs is 1. The van der Waals surface area contributed by atoms with E-state index in [1.807, 2.05) is 6.07 Å². The molecule has 0 aliphatic rings. The summed E-state index contributed by atoms with van der Waals surface area (Å²) in [6.07, 6.45) is 4.10. The average Bonchev–Trinajstić information content (AvgIpc) is 2.38. The maximum atomic E-state index is 10.9. The first-order valence-corrected chi connectivity index (χ1v) is 6.96. The smallest absolute Gasteiger partial charge is 0.264 e. The monoisotopic (exact) mass is 282 g/mol. The molecule has 2 rings (SSSR count). The third-order valence-corrected chi connectivity index (χ3v) is 3.91. The minimum Gasteiger partial charge on any atom is -0.264 e. The number of halogens is 1. The molecular weight excluding hydrogens is 272 g/mol. The molecule has 0 aliphatic carbocycles. The van der Waals surface area contributed by atoms with E-state index in [0.717, 1.165) is 22.5 Å². The van der Waals surface area contributed by atoms with Crippen molar-refractivity contribution in [2.75, 3.05) is 11.6 Å². The highest BCUT2D eigenvalue weighted by Crippen LogP contribution is 2.33. The van der Waals surface area contributed by atoms with Gasteiger partial charge in [-0.25, -0.2) is 0 Å². The summed E-state index contributed by atoms with van der Waals surface area (Å²) in [6.45, 7) is 0. The Balaban J connectivity index is 2.44. The number of pyridine rings is 1. The molecule has 0 fully saturated rings. The summed E-state index contributed by atoms with van der Waals surface area (Å²) in [5.41, 5.74) is 0.0970. The van der Waals surface area contributed by atoms with Crippen LogP contribution in [0.2, 0.25) is 0 Å². The largest absolute Gasteiger partial charge is 0.278 e. The van der Waals surface area contributed by atoms with Crippen LogP contribution in [0.5, 0.6) is 0 Å². The number of rotatable bonds is 5. The Kier molecular flexibility index (Phi) is 4.38. The van der Waals surface area contributed by atoms with E-state index in [9.17, 15) is 10.1 Å². The zero-order chi connectivity index (χ0) is 13.0. The highest BCUT2D eigenvalue weighted by atomic mass is 35.5. The van der Waals surface area contributed by atoms with E-state index >= 15 is 0 Å². The van der Waals surface area contributed by atoms with Gasteiger partial charge in [0.15, 0.2) is 0 Å². The molecule has 1 heterocycles. The van der Waals surface area contributed by atoms with E-state index < -0.39 is 0 Å². The van der Waals surface area contributed by atoms with Gasteiger partial charge in [-0.15, -0.1) is 23.4 Å². The van der Waals surface area contributed by atoms with Crippen LogP contribution in [-0.4, -0.2) is 21.5 Å². The van der Waals surface area contributed by atoms with Crippen LogP contribution in [-0.2, 0) is 0 Å². The molecule has 0 atom stereocenters. The van der Waals surface area contributed by atoms with E-state index in [1.54, 1.807) is 30.2 Å². The minimum absolute atomic E-state index is 0.0970. The summed E-state index contributed by atoms with van der Waals surface area (Å²) in [5, 5.41) is 12.4. The third-order valence-electron chi connectivity index (χ3n) is 2.49. The van der Waals surface area contributed by atoms with E-state index in [-0.39, 0.29) is 10.6 Å². The highest BCUT2D eigenvalue weighted by Gasteiger charge is 2.14. The first-order valence-electron chi connectivity index (χ1n) is 5.44. The molecule has 4 nitrogen and oxygen atoms in total. The van der Waals surface area contributed by atoms with Crippen LogP contribution in [0.15, 0.2) is 35.5 Å². The standard InChI is InChI=1S/C12H11ClN2O2S/c13-5-1-7-18-12-3-2-11(15(16)17)10-8-14-6-4-9(10)12/h2-4,6,8H,1,5,7H2. The topological polar surface area (TPSA) is 56.0 Å². The van der Waals surface area contributed by atoms with Gasteiger partial charge in [0, 0.05) is 34.6 Å². The molecular formula is C12H11ClN2O2S. The number of benzene rings is 1. The molecule has 0 saturated carbocycles. The highest BCUT2D eigenvalue weighted by molar-refractivity contribution is 7.99. The van der Waals surface area contributed by atoms with Crippen LogP contribution < -0.4 is 0 Å². The van der Waals surface area contributed by atoms with Gasteiger partial charge in [-0.2, -0.15) is 0 Å². The molecule has 1 aromatic carbocycles. The Morgan fingerprint density at radius 1 is 1.33 bits per heavy atom. The second kappa shape index (κ2) is 6.02. The van der Waals surface area contributed by atoms with Gasteiger partial charge in [0.25, 0.3) is 5.69 Å². The van der Waals surface area contributed by atoms with Gasteiger partial charge in [0.2, 0.25) is 0 Å². The van der Waals surface area contributed by atoms with Crippen molar-refractivity contribution in [3.05, 3.63) is 40.7 Å². The minimum atomic E-state index is -0.378. The summed E-state index contributed by atoms with van der Waals surface area (Å²) in [5.74, 6) is 1.53. The number of nitrogens with zero attached hydrogens (tertiary/aromatic N) is 2. The lowest BCUT2D eigenvalue weighted by Crippen LogP contribution is -1.91. The Morgan fingerprint density at radius 2 is 2.17 bits per heavy atom. The number of nitro benzene ring substituents is 1. The van der Waals surface area contributed by atoms with E-state index in [4.69, 9.17) is 11.6 Å². The van der Waals surface area contributed by atoms with Gasteiger partial charge in [0.05, 0.1) is 10.3 Å². The van der Waals surface area contributed by atoms with Crippen molar-refractivity contribution in [1.82, 2.24) is 4.98 Å². The van der Waals surface area contributed by atoms with Gasteiger partial charge < -0.3 is 0 Å². The zero-order valence-corrected chi connectivity index (χ0v) is 11.1. The molecule has 0 N–H and O–H groups in total. The predicted molar refractivity (Wildman–Crippen MR) is 74.5 cm³/mol. The maximum Gasteiger partial charge on any atom is 0.278 e. The molecule has 0 spiro atoms. The number of thioether (sulfide) groups is 1. The number of hydrogen-bond acceptors (Lipinski definition) is 4. The van der Waals surface area contributed by atoms with E-state index in [0.29, 0.717) is 11.3 Å². The molecule has 0 amide bonds. The van der Waals surface area contributed by atoms with Crippen LogP contribution in [0.1, 0.15) is 6.42 Å². The van der Waals surface area contributed by atoms with E-state index in [2.05, 4.69) is 4.98 Å². The van der Waals surface area contributed by atoms with Crippen molar-refractivity contribution in [2.24, 2.45) is 0 Å². The molecule has 94 valence electrons. The van der Waals surface area contributed by atoms with Gasteiger partial charge in [-0.05, 0) is 24.3 Å². The lowest BCUT2D eigenvalue weighted by Gasteiger charge is -2.05. The summed E-state index contributed by atoms with van der Waals surface area (Å²) >= 11 is 7.30. The fourth-order valence-corrected chi connectivity index (χ4v) is 2.97. The maximum absolute atomic E-state index is 10.9. The van der Waals surface area contributed by atoms with Crippen molar-refractivity contribution < 1.29 is 4.92 Å². The number of alkyl halides is 1.